The second kappa shape index (κ2) is 4.11. The topological polar surface area (TPSA) is 12.0 Å². The van der Waals surface area contributed by atoms with Crippen molar-refractivity contribution in [1.29, 1.82) is 0 Å². The molecule has 0 aromatic carbocycles. The van der Waals surface area contributed by atoms with Crippen LogP contribution < -0.4 is 5.32 Å². The molecule has 2 heterocycles. The Morgan fingerprint density at radius 2 is 2.33 bits per heavy atom. The molecular formula is C13H17NS. The summed E-state index contributed by atoms with van der Waals surface area (Å²) in [6.07, 6.45) is 9.79. The molecule has 3 rings (SSSR count). The average molecular weight is 219 g/mol. The lowest BCUT2D eigenvalue weighted by atomic mass is 9.83. The molecular weight excluding hydrogens is 202 g/mol. The molecule has 0 spiro atoms. The van der Waals surface area contributed by atoms with E-state index in [2.05, 4.69) is 28.9 Å². The van der Waals surface area contributed by atoms with Crippen molar-refractivity contribution in [3.05, 3.63) is 34.0 Å². The number of rotatable bonds is 1. The first-order valence-corrected chi connectivity index (χ1v) is 6.78. The predicted molar refractivity (Wildman–Crippen MR) is 65.2 cm³/mol. The van der Waals surface area contributed by atoms with Gasteiger partial charge in [-0.2, -0.15) is 0 Å². The van der Waals surface area contributed by atoms with Crippen molar-refractivity contribution in [3.63, 3.8) is 0 Å². The van der Waals surface area contributed by atoms with E-state index in [9.17, 15) is 0 Å². The number of fused-ring (bicyclic) bond motifs is 1. The van der Waals surface area contributed by atoms with Gasteiger partial charge in [0.05, 0.1) is 0 Å². The lowest BCUT2D eigenvalue weighted by molar-refractivity contribution is 0.327. The number of nitrogens with one attached hydrogen (secondary N) is 1. The third-order valence-electron chi connectivity index (χ3n) is 3.61. The monoisotopic (exact) mass is 219 g/mol. The van der Waals surface area contributed by atoms with Crippen molar-refractivity contribution in [3.8, 4) is 0 Å². The molecule has 1 aliphatic heterocycles. The Morgan fingerprint density at radius 1 is 1.33 bits per heavy atom. The van der Waals surface area contributed by atoms with Gasteiger partial charge >= 0.3 is 0 Å². The summed E-state index contributed by atoms with van der Waals surface area (Å²) in [5.41, 5.74) is 1.59. The number of allylic oxidation sites excluding steroid dienone is 2. The van der Waals surface area contributed by atoms with Gasteiger partial charge in [-0.1, -0.05) is 12.2 Å². The smallest absolute Gasteiger partial charge is 0.0362 e. The van der Waals surface area contributed by atoms with E-state index < -0.39 is 0 Å². The van der Waals surface area contributed by atoms with Crippen molar-refractivity contribution >= 4 is 11.3 Å². The molecule has 0 saturated carbocycles. The van der Waals surface area contributed by atoms with Gasteiger partial charge in [0.15, 0.2) is 0 Å². The van der Waals surface area contributed by atoms with Gasteiger partial charge in [0.25, 0.3) is 0 Å². The van der Waals surface area contributed by atoms with Gasteiger partial charge < -0.3 is 5.32 Å². The molecule has 2 heteroatoms. The fourth-order valence-electron chi connectivity index (χ4n) is 2.82. The van der Waals surface area contributed by atoms with Crippen LogP contribution in [0, 0.1) is 5.92 Å². The molecule has 2 atom stereocenters. The van der Waals surface area contributed by atoms with E-state index >= 15 is 0 Å². The zero-order valence-corrected chi connectivity index (χ0v) is 9.72. The van der Waals surface area contributed by atoms with Gasteiger partial charge in [0.1, 0.15) is 0 Å². The maximum absolute atomic E-state index is 3.70. The zero-order chi connectivity index (χ0) is 10.1. The van der Waals surface area contributed by atoms with Crippen molar-refractivity contribution in [2.45, 2.75) is 31.7 Å². The highest BCUT2D eigenvalue weighted by atomic mass is 32.1. The minimum atomic E-state index is 0.630. The minimum absolute atomic E-state index is 0.630. The summed E-state index contributed by atoms with van der Waals surface area (Å²) >= 11 is 1.94. The van der Waals surface area contributed by atoms with Gasteiger partial charge in [0, 0.05) is 17.5 Å². The quantitative estimate of drug-likeness (QED) is 0.715. The van der Waals surface area contributed by atoms with Crippen LogP contribution in [0.2, 0.25) is 0 Å². The number of thiophene rings is 1. The molecule has 1 aliphatic carbocycles. The van der Waals surface area contributed by atoms with Gasteiger partial charge in [-0.15, -0.1) is 11.3 Å². The summed E-state index contributed by atoms with van der Waals surface area (Å²) in [7, 11) is 0. The zero-order valence-electron chi connectivity index (χ0n) is 8.91. The van der Waals surface area contributed by atoms with Crippen LogP contribution in [-0.4, -0.2) is 6.54 Å². The van der Waals surface area contributed by atoms with Gasteiger partial charge in [-0.05, 0) is 48.6 Å². The van der Waals surface area contributed by atoms with Crippen LogP contribution in [0.4, 0.5) is 0 Å². The van der Waals surface area contributed by atoms with Crippen LogP contribution in [-0.2, 0) is 6.42 Å². The highest BCUT2D eigenvalue weighted by molar-refractivity contribution is 7.10. The lowest BCUT2D eigenvalue weighted by Gasteiger charge is -2.32. The van der Waals surface area contributed by atoms with Crippen molar-refractivity contribution in [1.82, 2.24) is 5.32 Å². The van der Waals surface area contributed by atoms with Crippen LogP contribution in [0.25, 0.3) is 0 Å². The fraction of sp³-hybridized carbons (Fsp3) is 0.538. The second-order valence-electron chi connectivity index (χ2n) is 4.53. The molecule has 15 heavy (non-hydrogen) atoms. The molecule has 2 unspecified atom stereocenters. The predicted octanol–water partition coefficient (Wildman–Crippen LogP) is 3.29. The molecule has 1 N–H and O–H groups in total. The van der Waals surface area contributed by atoms with Crippen LogP contribution in [0.1, 0.15) is 35.7 Å². The molecule has 1 nitrogen and oxygen atoms in total. The van der Waals surface area contributed by atoms with Crippen molar-refractivity contribution < 1.29 is 0 Å². The van der Waals surface area contributed by atoms with Crippen LogP contribution in [0.5, 0.6) is 0 Å². The first-order valence-electron chi connectivity index (χ1n) is 5.90. The Bertz CT molecular complexity index is 366. The molecule has 0 radical (unpaired) electrons. The van der Waals surface area contributed by atoms with E-state index in [0.717, 1.165) is 5.92 Å². The van der Waals surface area contributed by atoms with Crippen LogP contribution >= 0.6 is 11.3 Å². The molecule has 0 saturated heterocycles. The minimum Gasteiger partial charge on any atom is -0.309 e. The Hall–Kier alpha value is -0.600. The molecule has 0 fully saturated rings. The van der Waals surface area contributed by atoms with E-state index in [1.807, 2.05) is 11.3 Å². The number of hydrogen-bond acceptors (Lipinski definition) is 2. The summed E-state index contributed by atoms with van der Waals surface area (Å²) in [5.74, 6) is 0.823. The van der Waals surface area contributed by atoms with E-state index in [0.29, 0.717) is 6.04 Å². The van der Waals surface area contributed by atoms with Crippen LogP contribution in [0.15, 0.2) is 23.6 Å². The van der Waals surface area contributed by atoms with Gasteiger partial charge in [-0.25, -0.2) is 0 Å². The lowest BCUT2D eigenvalue weighted by Crippen LogP contribution is -2.34. The number of hydrogen-bond donors (Lipinski definition) is 1. The normalized spacial score (nSPS) is 30.1. The van der Waals surface area contributed by atoms with E-state index in [1.165, 1.54) is 32.2 Å². The second-order valence-corrected chi connectivity index (χ2v) is 5.53. The summed E-state index contributed by atoms with van der Waals surface area (Å²) in [6.45, 7) is 1.17. The largest absolute Gasteiger partial charge is 0.309 e. The Labute approximate surface area is 95.2 Å². The summed E-state index contributed by atoms with van der Waals surface area (Å²) in [5, 5.41) is 5.96. The van der Waals surface area contributed by atoms with E-state index in [1.54, 1.807) is 10.4 Å². The van der Waals surface area contributed by atoms with Crippen molar-refractivity contribution in [2.75, 3.05) is 6.54 Å². The standard InChI is InChI=1S/C13H17NS/c1-2-4-10(5-3-1)13-11-7-9-15-12(11)6-8-14-13/h1-2,7,9-10,13-14H,3-6,8H2. The third kappa shape index (κ3) is 1.77. The Balaban J connectivity index is 1.85. The summed E-state index contributed by atoms with van der Waals surface area (Å²) in [6, 6.07) is 2.96. The molecule has 0 amide bonds. The summed E-state index contributed by atoms with van der Waals surface area (Å²) < 4.78 is 0. The first kappa shape index (κ1) is 9.61. The first-order chi connectivity index (χ1) is 7.45. The fourth-order valence-corrected chi connectivity index (χ4v) is 3.75. The average Bonchev–Trinajstić information content (AvgIpc) is 2.78. The molecule has 0 bridgehead atoms. The highest BCUT2D eigenvalue weighted by Gasteiger charge is 2.27. The maximum Gasteiger partial charge on any atom is 0.0362 e. The third-order valence-corrected chi connectivity index (χ3v) is 4.61. The Kier molecular flexibility index (Phi) is 2.63. The van der Waals surface area contributed by atoms with Gasteiger partial charge in [0.2, 0.25) is 0 Å². The molecule has 80 valence electrons. The van der Waals surface area contributed by atoms with E-state index in [4.69, 9.17) is 0 Å². The van der Waals surface area contributed by atoms with Crippen LogP contribution in [0.3, 0.4) is 0 Å². The molecule has 1 aromatic rings. The SMILES string of the molecule is C1=CCC(C2NCCc3sccc32)CC1. The van der Waals surface area contributed by atoms with E-state index in [-0.39, 0.29) is 0 Å². The highest BCUT2D eigenvalue weighted by Crippen LogP contribution is 2.37. The van der Waals surface area contributed by atoms with Crippen molar-refractivity contribution in [2.24, 2.45) is 5.92 Å². The molecule has 2 aliphatic rings. The summed E-state index contributed by atoms with van der Waals surface area (Å²) in [4.78, 5) is 1.62. The molecule has 1 aromatic heterocycles. The Morgan fingerprint density at radius 3 is 3.20 bits per heavy atom. The maximum atomic E-state index is 3.70. The van der Waals surface area contributed by atoms with Gasteiger partial charge in [-0.3, -0.25) is 0 Å².